The molecule has 1 amide bonds. The third-order valence-electron chi connectivity index (χ3n) is 3.10. The number of hydrogen-bond acceptors (Lipinski definition) is 3. The third-order valence-corrected chi connectivity index (χ3v) is 3.10. The fourth-order valence-electron chi connectivity index (χ4n) is 2.25. The maximum atomic E-state index is 13.6. The van der Waals surface area contributed by atoms with E-state index in [1.54, 1.807) is 6.92 Å². The van der Waals surface area contributed by atoms with E-state index in [2.05, 4.69) is 0 Å². The van der Waals surface area contributed by atoms with Crippen molar-refractivity contribution < 1.29 is 22.7 Å². The highest BCUT2D eigenvalue weighted by atomic mass is 19.1. The second-order valence-corrected chi connectivity index (χ2v) is 4.76. The normalized spacial score (nSPS) is 22.9. The van der Waals surface area contributed by atoms with E-state index in [0.29, 0.717) is 12.1 Å². The summed E-state index contributed by atoms with van der Waals surface area (Å²) in [6.07, 6.45) is -0.665. The van der Waals surface area contributed by atoms with Crippen LogP contribution < -0.4 is 5.73 Å². The van der Waals surface area contributed by atoms with Crippen molar-refractivity contribution in [3.63, 3.8) is 0 Å². The van der Waals surface area contributed by atoms with E-state index in [-0.39, 0.29) is 31.8 Å². The average Bonchev–Trinajstić information content (AvgIpc) is 2.36. The van der Waals surface area contributed by atoms with Crippen LogP contribution in [0.1, 0.15) is 17.3 Å². The van der Waals surface area contributed by atoms with Gasteiger partial charge in [-0.3, -0.25) is 4.79 Å². The van der Waals surface area contributed by atoms with Crippen LogP contribution in [0.2, 0.25) is 0 Å². The molecule has 1 heterocycles. The molecule has 2 rings (SSSR count). The first kappa shape index (κ1) is 14.8. The van der Waals surface area contributed by atoms with Crippen LogP contribution >= 0.6 is 0 Å². The number of benzene rings is 1. The summed E-state index contributed by atoms with van der Waals surface area (Å²) in [5, 5.41) is 0. The summed E-state index contributed by atoms with van der Waals surface area (Å²) in [7, 11) is 0. The number of rotatable bonds is 2. The monoisotopic (exact) mass is 288 g/mol. The number of halogens is 3. The molecule has 2 N–H and O–H groups in total. The molecule has 20 heavy (non-hydrogen) atoms. The molecule has 0 saturated carbocycles. The molecule has 2 atom stereocenters. The predicted molar refractivity (Wildman–Crippen MR) is 65.6 cm³/mol. The minimum atomic E-state index is -1.21. The zero-order valence-electron chi connectivity index (χ0n) is 10.9. The zero-order valence-corrected chi connectivity index (χ0v) is 10.9. The van der Waals surface area contributed by atoms with Crippen molar-refractivity contribution in [3.05, 3.63) is 35.1 Å². The highest BCUT2D eigenvalue weighted by Gasteiger charge is 2.31. The molecule has 110 valence electrons. The lowest BCUT2D eigenvalue weighted by atomic mass is 10.1. The lowest BCUT2D eigenvalue weighted by Crippen LogP contribution is -2.51. The van der Waals surface area contributed by atoms with E-state index in [1.165, 1.54) is 4.90 Å². The Morgan fingerprint density at radius 2 is 1.95 bits per heavy atom. The molecule has 0 aromatic heterocycles. The van der Waals surface area contributed by atoms with Gasteiger partial charge in [-0.15, -0.1) is 0 Å². The van der Waals surface area contributed by atoms with Gasteiger partial charge in [0.25, 0.3) is 5.91 Å². The van der Waals surface area contributed by atoms with Gasteiger partial charge >= 0.3 is 0 Å². The van der Waals surface area contributed by atoms with Crippen LogP contribution in [-0.2, 0) is 4.74 Å². The van der Waals surface area contributed by atoms with Crippen LogP contribution in [0, 0.1) is 17.5 Å². The molecule has 1 saturated heterocycles. The first-order valence-corrected chi connectivity index (χ1v) is 6.21. The van der Waals surface area contributed by atoms with Gasteiger partial charge in [-0.1, -0.05) is 0 Å². The topological polar surface area (TPSA) is 55.6 Å². The van der Waals surface area contributed by atoms with Gasteiger partial charge in [0.2, 0.25) is 0 Å². The van der Waals surface area contributed by atoms with Gasteiger partial charge in [0.15, 0.2) is 0 Å². The molecule has 0 bridgehead atoms. The lowest BCUT2D eigenvalue weighted by molar-refractivity contribution is -0.0627. The SMILES string of the molecule is CC1CN(C(=O)c2c(F)cc(F)cc2F)CC(CN)O1. The molecule has 1 aliphatic rings. The molecule has 7 heteroatoms. The Bertz CT molecular complexity index is 501. The summed E-state index contributed by atoms with van der Waals surface area (Å²) in [5.74, 6) is -4.31. The summed E-state index contributed by atoms with van der Waals surface area (Å²) in [6.45, 7) is 2.28. The van der Waals surface area contributed by atoms with Crippen molar-refractivity contribution in [2.24, 2.45) is 5.73 Å². The predicted octanol–water partition coefficient (Wildman–Crippen LogP) is 1.29. The standard InChI is InChI=1S/C13H15F3N2O2/c1-7-5-18(6-9(4-17)20-7)13(19)12-10(15)2-8(14)3-11(12)16/h2-3,7,9H,4-6,17H2,1H3. The lowest BCUT2D eigenvalue weighted by Gasteiger charge is -2.36. The van der Waals surface area contributed by atoms with Gasteiger partial charge in [-0.25, -0.2) is 13.2 Å². The van der Waals surface area contributed by atoms with E-state index < -0.39 is 28.9 Å². The Morgan fingerprint density at radius 3 is 2.50 bits per heavy atom. The summed E-state index contributed by atoms with van der Waals surface area (Å²) in [5.41, 5.74) is 4.73. The number of carbonyl (C=O) groups is 1. The summed E-state index contributed by atoms with van der Waals surface area (Å²) >= 11 is 0. The molecular formula is C13H15F3N2O2. The maximum Gasteiger partial charge on any atom is 0.260 e. The van der Waals surface area contributed by atoms with Crippen LogP contribution in [0.15, 0.2) is 12.1 Å². The number of nitrogens with zero attached hydrogens (tertiary/aromatic N) is 1. The van der Waals surface area contributed by atoms with Crippen molar-refractivity contribution >= 4 is 5.91 Å². The van der Waals surface area contributed by atoms with Crippen molar-refractivity contribution in [1.29, 1.82) is 0 Å². The molecule has 1 aliphatic heterocycles. The van der Waals surface area contributed by atoms with E-state index >= 15 is 0 Å². The highest BCUT2D eigenvalue weighted by Crippen LogP contribution is 2.19. The summed E-state index contributed by atoms with van der Waals surface area (Å²) in [4.78, 5) is 13.5. The van der Waals surface area contributed by atoms with E-state index in [4.69, 9.17) is 10.5 Å². The van der Waals surface area contributed by atoms with Gasteiger partial charge in [-0.2, -0.15) is 0 Å². The van der Waals surface area contributed by atoms with Crippen molar-refractivity contribution in [2.75, 3.05) is 19.6 Å². The number of morpholine rings is 1. The van der Waals surface area contributed by atoms with Gasteiger partial charge < -0.3 is 15.4 Å². The zero-order chi connectivity index (χ0) is 14.9. The van der Waals surface area contributed by atoms with Crippen LogP contribution in [0.4, 0.5) is 13.2 Å². The van der Waals surface area contributed by atoms with Gasteiger partial charge in [-0.05, 0) is 6.92 Å². The second-order valence-electron chi connectivity index (χ2n) is 4.76. The van der Waals surface area contributed by atoms with Crippen LogP contribution in [-0.4, -0.2) is 42.6 Å². The third kappa shape index (κ3) is 2.94. The Kier molecular flexibility index (Phi) is 4.29. The first-order chi connectivity index (χ1) is 9.42. The number of hydrogen-bond donors (Lipinski definition) is 1. The Balaban J connectivity index is 2.27. The van der Waals surface area contributed by atoms with Gasteiger partial charge in [0.1, 0.15) is 23.0 Å². The molecular weight excluding hydrogens is 273 g/mol. The first-order valence-electron chi connectivity index (χ1n) is 6.21. The maximum absolute atomic E-state index is 13.6. The molecule has 1 fully saturated rings. The summed E-state index contributed by atoms with van der Waals surface area (Å²) < 4.78 is 45.5. The Labute approximate surface area is 114 Å². The molecule has 0 spiro atoms. The molecule has 2 unspecified atom stereocenters. The second kappa shape index (κ2) is 5.80. The van der Waals surface area contributed by atoms with E-state index in [1.807, 2.05) is 0 Å². The van der Waals surface area contributed by atoms with E-state index in [0.717, 1.165) is 0 Å². The van der Waals surface area contributed by atoms with Gasteiger partial charge in [0, 0.05) is 31.8 Å². The minimum Gasteiger partial charge on any atom is -0.370 e. The molecule has 4 nitrogen and oxygen atoms in total. The molecule has 1 aromatic rings. The number of ether oxygens (including phenoxy) is 1. The van der Waals surface area contributed by atoms with Crippen LogP contribution in [0.25, 0.3) is 0 Å². The molecule has 1 aromatic carbocycles. The van der Waals surface area contributed by atoms with Crippen molar-refractivity contribution in [3.8, 4) is 0 Å². The minimum absolute atomic E-state index is 0.149. The van der Waals surface area contributed by atoms with Crippen LogP contribution in [0.3, 0.4) is 0 Å². The molecule has 0 radical (unpaired) electrons. The number of nitrogens with two attached hydrogens (primary N) is 1. The fourth-order valence-corrected chi connectivity index (χ4v) is 2.25. The molecule has 0 aliphatic carbocycles. The summed E-state index contributed by atoms with van der Waals surface area (Å²) in [6, 6.07) is 0.973. The highest BCUT2D eigenvalue weighted by molar-refractivity contribution is 5.94. The largest absolute Gasteiger partial charge is 0.370 e. The van der Waals surface area contributed by atoms with Crippen molar-refractivity contribution in [2.45, 2.75) is 19.1 Å². The quantitative estimate of drug-likeness (QED) is 0.892. The number of carbonyl (C=O) groups excluding carboxylic acids is 1. The van der Waals surface area contributed by atoms with Gasteiger partial charge in [0.05, 0.1) is 12.2 Å². The average molecular weight is 288 g/mol. The van der Waals surface area contributed by atoms with Crippen molar-refractivity contribution in [1.82, 2.24) is 4.90 Å². The Morgan fingerprint density at radius 1 is 1.35 bits per heavy atom. The number of amides is 1. The van der Waals surface area contributed by atoms with Crippen LogP contribution in [0.5, 0.6) is 0 Å². The smallest absolute Gasteiger partial charge is 0.260 e. The fraction of sp³-hybridized carbons (Fsp3) is 0.462. The Hall–Kier alpha value is -1.60. The van der Waals surface area contributed by atoms with E-state index in [9.17, 15) is 18.0 Å².